The van der Waals surface area contributed by atoms with Crippen molar-refractivity contribution in [1.82, 2.24) is 0 Å². The van der Waals surface area contributed by atoms with Crippen molar-refractivity contribution in [1.29, 1.82) is 0 Å². The van der Waals surface area contributed by atoms with Crippen molar-refractivity contribution in [2.75, 3.05) is 0 Å². The van der Waals surface area contributed by atoms with E-state index in [0.717, 1.165) is 15.8 Å². The van der Waals surface area contributed by atoms with E-state index in [4.69, 9.17) is 9.47 Å². The van der Waals surface area contributed by atoms with Crippen LogP contribution in [0, 0.1) is 6.92 Å². The fourth-order valence-corrected chi connectivity index (χ4v) is 3.09. The van der Waals surface area contributed by atoms with E-state index in [1.54, 1.807) is 13.0 Å². The van der Waals surface area contributed by atoms with Gasteiger partial charge in [0.2, 0.25) is 0 Å². The van der Waals surface area contributed by atoms with Gasteiger partial charge in [0.15, 0.2) is 0 Å². The van der Waals surface area contributed by atoms with Crippen LogP contribution in [-0.4, -0.2) is 5.97 Å². The van der Waals surface area contributed by atoms with Gasteiger partial charge in [0.05, 0.1) is 0 Å². The van der Waals surface area contributed by atoms with E-state index in [1.807, 2.05) is 18.2 Å². The highest BCUT2D eigenvalue weighted by Gasteiger charge is 2.27. The minimum Gasteiger partial charge on any atom is -0.488 e. The molecule has 0 spiro atoms. The van der Waals surface area contributed by atoms with Crippen molar-refractivity contribution < 1.29 is 14.3 Å². The number of carbonyl (C=O) groups is 1. The average Bonchev–Trinajstić information content (AvgIpc) is 3.40. The Bertz CT molecular complexity index is 751. The lowest BCUT2D eigenvalue weighted by atomic mass is 10.1. The number of carbonyl (C=O) groups excluding carboxylic acids is 1. The van der Waals surface area contributed by atoms with Crippen LogP contribution in [0.25, 0.3) is 0 Å². The van der Waals surface area contributed by atoms with E-state index < -0.39 is 0 Å². The van der Waals surface area contributed by atoms with Gasteiger partial charge in [-0.3, -0.25) is 4.79 Å². The summed E-state index contributed by atoms with van der Waals surface area (Å²) in [5.74, 6) is 1.85. The van der Waals surface area contributed by atoms with Gasteiger partial charge >= 0.3 is 5.97 Å². The van der Waals surface area contributed by atoms with Gasteiger partial charge in [0.1, 0.15) is 18.1 Å². The molecular weight excluding hydrogens is 368 g/mol. The number of ether oxygens (including phenoxy) is 2. The molecule has 3 rings (SSSR count). The van der Waals surface area contributed by atoms with Crippen molar-refractivity contribution in [2.45, 2.75) is 45.6 Å². The fraction of sp³-hybridized carbons (Fsp3) is 0.350. The number of aryl methyl sites for hydroxylation is 1. The maximum atomic E-state index is 11.6. The lowest BCUT2D eigenvalue weighted by Crippen LogP contribution is -2.09. The van der Waals surface area contributed by atoms with Gasteiger partial charge < -0.3 is 9.47 Å². The van der Waals surface area contributed by atoms with Gasteiger partial charge in [-0.15, -0.1) is 0 Å². The summed E-state index contributed by atoms with van der Waals surface area (Å²) in [5, 5.41) is 0. The van der Waals surface area contributed by atoms with E-state index in [0.29, 0.717) is 24.7 Å². The Morgan fingerprint density at radius 1 is 1.21 bits per heavy atom. The molecule has 0 saturated heterocycles. The molecular formula is C20H21BrO3. The van der Waals surface area contributed by atoms with Crippen molar-refractivity contribution >= 4 is 21.9 Å². The zero-order valence-corrected chi connectivity index (χ0v) is 15.6. The highest BCUT2D eigenvalue weighted by atomic mass is 79.9. The van der Waals surface area contributed by atoms with Crippen LogP contribution in [0.3, 0.4) is 0 Å². The van der Waals surface area contributed by atoms with Crippen molar-refractivity contribution in [3.63, 3.8) is 0 Å². The predicted octanol–water partition coefficient (Wildman–Crippen LogP) is 5.53. The van der Waals surface area contributed by atoms with E-state index in [9.17, 15) is 4.79 Å². The quantitative estimate of drug-likeness (QED) is 0.481. The molecule has 24 heavy (non-hydrogen) atoms. The first-order chi connectivity index (χ1) is 11.6. The smallest absolute Gasteiger partial charge is 0.310 e. The number of esters is 1. The maximum absolute atomic E-state index is 11.6. The Kier molecular flexibility index (Phi) is 5.24. The third-order valence-electron chi connectivity index (χ3n) is 4.14. The SMILES string of the molecule is CCC(=O)Oc1cccc(Br)c1COc1ccc(C)cc1C1CC1. The zero-order chi connectivity index (χ0) is 17.1. The van der Waals surface area contributed by atoms with E-state index >= 15 is 0 Å². The second-order valence-corrected chi connectivity index (χ2v) is 7.00. The molecule has 2 aromatic rings. The summed E-state index contributed by atoms with van der Waals surface area (Å²) < 4.78 is 12.4. The molecule has 0 N–H and O–H groups in total. The first kappa shape index (κ1) is 17.0. The molecule has 0 aromatic heterocycles. The van der Waals surface area contributed by atoms with E-state index in [1.165, 1.54) is 24.0 Å². The maximum Gasteiger partial charge on any atom is 0.310 e. The second kappa shape index (κ2) is 7.39. The summed E-state index contributed by atoms with van der Waals surface area (Å²) in [4.78, 5) is 11.6. The van der Waals surface area contributed by atoms with E-state index in [-0.39, 0.29) is 5.97 Å². The molecule has 3 nitrogen and oxygen atoms in total. The number of hydrogen-bond acceptors (Lipinski definition) is 3. The van der Waals surface area contributed by atoms with Crippen LogP contribution in [0.15, 0.2) is 40.9 Å². The minimum atomic E-state index is -0.247. The van der Waals surface area contributed by atoms with Crippen LogP contribution in [0.4, 0.5) is 0 Å². The number of halogens is 1. The normalized spacial score (nSPS) is 13.6. The molecule has 0 aliphatic heterocycles. The number of hydrogen-bond donors (Lipinski definition) is 0. The summed E-state index contributed by atoms with van der Waals surface area (Å²) in [7, 11) is 0. The van der Waals surface area contributed by atoms with Crippen molar-refractivity contribution in [3.8, 4) is 11.5 Å². The summed E-state index contributed by atoms with van der Waals surface area (Å²) in [6.45, 7) is 4.24. The van der Waals surface area contributed by atoms with Gasteiger partial charge in [-0.2, -0.15) is 0 Å². The van der Waals surface area contributed by atoms with Crippen LogP contribution in [0.5, 0.6) is 11.5 Å². The lowest BCUT2D eigenvalue weighted by molar-refractivity contribution is -0.134. The van der Waals surface area contributed by atoms with Crippen LogP contribution >= 0.6 is 15.9 Å². The monoisotopic (exact) mass is 388 g/mol. The summed E-state index contributed by atoms with van der Waals surface area (Å²) in [6, 6.07) is 11.9. The standard InChI is InChI=1S/C20H21BrO3/c1-3-20(22)24-19-6-4-5-17(21)16(19)12-23-18-10-7-13(2)11-15(18)14-8-9-14/h4-7,10-11,14H,3,8-9,12H2,1-2H3. The second-order valence-electron chi connectivity index (χ2n) is 6.15. The molecule has 1 fully saturated rings. The molecule has 4 heteroatoms. The van der Waals surface area contributed by atoms with Gasteiger partial charge in [0, 0.05) is 16.5 Å². The van der Waals surface area contributed by atoms with Crippen LogP contribution in [0.2, 0.25) is 0 Å². The van der Waals surface area contributed by atoms with Crippen LogP contribution < -0.4 is 9.47 Å². The average molecular weight is 389 g/mol. The van der Waals surface area contributed by atoms with Gasteiger partial charge in [0.25, 0.3) is 0 Å². The molecule has 0 amide bonds. The molecule has 0 bridgehead atoms. The number of benzene rings is 2. The van der Waals surface area contributed by atoms with Gasteiger partial charge in [-0.05, 0) is 49.4 Å². The highest BCUT2D eigenvalue weighted by molar-refractivity contribution is 9.10. The Morgan fingerprint density at radius 3 is 2.71 bits per heavy atom. The minimum absolute atomic E-state index is 0.247. The molecule has 2 aromatic carbocycles. The van der Waals surface area contributed by atoms with Crippen LogP contribution in [0.1, 0.15) is 48.8 Å². The molecule has 0 atom stereocenters. The molecule has 126 valence electrons. The molecule has 1 saturated carbocycles. The third-order valence-corrected chi connectivity index (χ3v) is 4.89. The highest BCUT2D eigenvalue weighted by Crippen LogP contribution is 2.45. The topological polar surface area (TPSA) is 35.5 Å². The predicted molar refractivity (Wildman–Crippen MR) is 97.6 cm³/mol. The van der Waals surface area contributed by atoms with Crippen molar-refractivity contribution in [2.24, 2.45) is 0 Å². The molecule has 0 unspecified atom stereocenters. The fourth-order valence-electron chi connectivity index (χ4n) is 2.63. The number of rotatable bonds is 6. The molecule has 1 aliphatic carbocycles. The summed E-state index contributed by atoms with van der Waals surface area (Å²) >= 11 is 3.53. The molecule has 1 aliphatic rings. The summed E-state index contributed by atoms with van der Waals surface area (Å²) in [6.07, 6.45) is 2.80. The Labute approximate surface area is 151 Å². The largest absolute Gasteiger partial charge is 0.488 e. The van der Waals surface area contributed by atoms with Gasteiger partial charge in [-0.25, -0.2) is 0 Å². The zero-order valence-electron chi connectivity index (χ0n) is 14.0. The first-order valence-electron chi connectivity index (χ1n) is 8.30. The van der Waals surface area contributed by atoms with Crippen molar-refractivity contribution in [3.05, 3.63) is 57.6 Å². The summed E-state index contributed by atoms with van der Waals surface area (Å²) in [5.41, 5.74) is 3.39. The Balaban J connectivity index is 1.81. The van der Waals surface area contributed by atoms with Gasteiger partial charge in [-0.1, -0.05) is 46.6 Å². The first-order valence-corrected chi connectivity index (χ1v) is 9.09. The Morgan fingerprint density at radius 2 is 2.00 bits per heavy atom. The van der Waals surface area contributed by atoms with Crippen LogP contribution in [-0.2, 0) is 11.4 Å². The Hall–Kier alpha value is -1.81. The third kappa shape index (κ3) is 3.99. The lowest BCUT2D eigenvalue weighted by Gasteiger charge is -2.15. The molecule has 0 heterocycles. The molecule has 0 radical (unpaired) electrons. The van der Waals surface area contributed by atoms with E-state index in [2.05, 4.69) is 35.0 Å².